The largest absolute Gasteiger partial charge is 0.298 e. The Morgan fingerprint density at radius 1 is 1.47 bits per heavy atom. The van der Waals surface area contributed by atoms with E-state index in [1.54, 1.807) is 6.07 Å². The van der Waals surface area contributed by atoms with E-state index >= 15 is 0 Å². The minimum absolute atomic E-state index is 0.203. The summed E-state index contributed by atoms with van der Waals surface area (Å²) >= 11 is 3.10. The van der Waals surface area contributed by atoms with Gasteiger partial charge in [0.15, 0.2) is 15.6 Å². The van der Waals surface area contributed by atoms with Crippen molar-refractivity contribution in [2.75, 3.05) is 6.26 Å². The lowest BCUT2D eigenvalue weighted by Crippen LogP contribution is -2.27. The predicted octanol–water partition coefficient (Wildman–Crippen LogP) is 2.13. The van der Waals surface area contributed by atoms with Gasteiger partial charge in [0, 0.05) is 17.1 Å². The third kappa shape index (κ3) is 3.89. The highest BCUT2D eigenvalue weighted by atomic mass is 79.9. The van der Waals surface area contributed by atoms with Crippen LogP contribution in [0, 0.1) is 5.82 Å². The molecule has 0 amide bonds. The molecule has 17 heavy (non-hydrogen) atoms. The first-order valence-corrected chi connectivity index (χ1v) is 7.62. The van der Waals surface area contributed by atoms with Crippen LogP contribution in [0.2, 0.25) is 0 Å². The van der Waals surface area contributed by atoms with E-state index < -0.39 is 26.7 Å². The zero-order valence-electron chi connectivity index (χ0n) is 9.41. The summed E-state index contributed by atoms with van der Waals surface area (Å²) in [6, 6.07) is 4.32. The molecule has 0 aromatic heterocycles. The quantitative estimate of drug-likeness (QED) is 0.853. The normalized spacial score (nSPS) is 13.4. The molecule has 1 aromatic rings. The van der Waals surface area contributed by atoms with Gasteiger partial charge in [0.1, 0.15) is 11.1 Å². The van der Waals surface area contributed by atoms with E-state index in [0.717, 1.165) is 6.26 Å². The fraction of sp³-hybridized carbons (Fsp3) is 0.364. The number of carbonyl (C=O) groups is 1. The first kappa shape index (κ1) is 14.3. The van der Waals surface area contributed by atoms with Gasteiger partial charge in [-0.15, -0.1) is 0 Å². The van der Waals surface area contributed by atoms with Gasteiger partial charge in [-0.3, -0.25) is 4.79 Å². The molecular formula is C11H12BrFO3S. The van der Waals surface area contributed by atoms with Gasteiger partial charge in [-0.2, -0.15) is 0 Å². The van der Waals surface area contributed by atoms with Gasteiger partial charge < -0.3 is 0 Å². The Hall–Kier alpha value is -0.750. The Kier molecular flexibility index (Phi) is 4.43. The fourth-order valence-electron chi connectivity index (χ4n) is 1.24. The minimum atomic E-state index is -3.42. The summed E-state index contributed by atoms with van der Waals surface area (Å²) in [7, 11) is -3.42. The van der Waals surface area contributed by atoms with E-state index in [4.69, 9.17) is 0 Å². The average molecular weight is 323 g/mol. The second-order valence-corrected chi connectivity index (χ2v) is 7.13. The van der Waals surface area contributed by atoms with Crippen molar-refractivity contribution in [2.45, 2.75) is 18.6 Å². The summed E-state index contributed by atoms with van der Waals surface area (Å²) in [5.41, 5.74) is 0.203. The highest BCUT2D eigenvalue weighted by Crippen LogP contribution is 2.17. The molecule has 0 bridgehead atoms. The van der Waals surface area contributed by atoms with Crippen LogP contribution < -0.4 is 0 Å². The minimum Gasteiger partial charge on any atom is -0.298 e. The molecule has 1 aromatic carbocycles. The molecule has 1 atom stereocenters. The monoisotopic (exact) mass is 322 g/mol. The summed E-state index contributed by atoms with van der Waals surface area (Å²) < 4.78 is 36.4. The number of rotatable bonds is 4. The third-order valence-electron chi connectivity index (χ3n) is 2.48. The van der Waals surface area contributed by atoms with E-state index in [1.807, 2.05) is 0 Å². The Labute approximate surface area is 108 Å². The molecule has 0 spiro atoms. The number of Topliss-reactive ketones (excluding diaryl/α,β-unsaturated/α-hetero) is 1. The highest BCUT2D eigenvalue weighted by molar-refractivity contribution is 9.10. The van der Waals surface area contributed by atoms with Gasteiger partial charge in [-0.05, 0) is 24.6 Å². The molecule has 3 nitrogen and oxygen atoms in total. The molecule has 0 heterocycles. The number of hydrogen-bond donors (Lipinski definition) is 0. The summed E-state index contributed by atoms with van der Waals surface area (Å²) in [6.07, 6.45) is 0.779. The zero-order chi connectivity index (χ0) is 13.2. The standard InChI is InChI=1S/C11H12BrFO3S/c1-7(17(2,15)16)11(14)5-8-3-4-9(12)6-10(8)13/h3-4,6-7H,5H2,1-2H3. The lowest BCUT2D eigenvalue weighted by Gasteiger charge is -2.08. The Morgan fingerprint density at radius 2 is 2.06 bits per heavy atom. The zero-order valence-corrected chi connectivity index (χ0v) is 11.8. The Bertz CT molecular complexity index is 540. The summed E-state index contributed by atoms with van der Waals surface area (Å²) in [5, 5.41) is -1.11. The first-order valence-electron chi connectivity index (χ1n) is 4.87. The molecule has 0 aliphatic carbocycles. The van der Waals surface area contributed by atoms with Crippen molar-refractivity contribution < 1.29 is 17.6 Å². The van der Waals surface area contributed by atoms with Crippen LogP contribution in [0.1, 0.15) is 12.5 Å². The molecular weight excluding hydrogens is 311 g/mol. The van der Waals surface area contributed by atoms with Crippen LogP contribution in [0.4, 0.5) is 4.39 Å². The van der Waals surface area contributed by atoms with Crippen molar-refractivity contribution >= 4 is 31.6 Å². The Balaban J connectivity index is 2.89. The highest BCUT2D eigenvalue weighted by Gasteiger charge is 2.24. The van der Waals surface area contributed by atoms with Crippen LogP contribution >= 0.6 is 15.9 Å². The maximum Gasteiger partial charge on any atom is 0.157 e. The van der Waals surface area contributed by atoms with Crippen molar-refractivity contribution in [3.63, 3.8) is 0 Å². The molecule has 1 unspecified atom stereocenters. The van der Waals surface area contributed by atoms with Crippen LogP contribution in [0.25, 0.3) is 0 Å². The number of sulfone groups is 1. The van der Waals surface area contributed by atoms with Crippen molar-refractivity contribution in [3.8, 4) is 0 Å². The molecule has 0 saturated carbocycles. The molecule has 0 aliphatic heterocycles. The molecule has 1 rings (SSSR count). The van der Waals surface area contributed by atoms with Crippen molar-refractivity contribution in [1.82, 2.24) is 0 Å². The predicted molar refractivity (Wildman–Crippen MR) is 67.1 cm³/mol. The number of hydrogen-bond acceptors (Lipinski definition) is 3. The van der Waals surface area contributed by atoms with E-state index in [9.17, 15) is 17.6 Å². The van der Waals surface area contributed by atoms with Crippen molar-refractivity contribution in [1.29, 1.82) is 0 Å². The van der Waals surface area contributed by atoms with Gasteiger partial charge in [0.2, 0.25) is 0 Å². The molecule has 0 fully saturated rings. The van der Waals surface area contributed by atoms with E-state index in [2.05, 4.69) is 15.9 Å². The lowest BCUT2D eigenvalue weighted by molar-refractivity contribution is -0.117. The molecule has 0 N–H and O–H groups in total. The van der Waals surface area contributed by atoms with Gasteiger partial charge in [-0.1, -0.05) is 22.0 Å². The van der Waals surface area contributed by atoms with E-state index in [1.165, 1.54) is 19.1 Å². The Morgan fingerprint density at radius 3 is 2.53 bits per heavy atom. The van der Waals surface area contributed by atoms with Crippen molar-refractivity contribution in [2.24, 2.45) is 0 Å². The number of ketones is 1. The SMILES string of the molecule is CC(C(=O)Cc1ccc(Br)cc1F)S(C)(=O)=O. The average Bonchev–Trinajstić information content (AvgIpc) is 2.19. The van der Waals surface area contributed by atoms with E-state index in [0.29, 0.717) is 4.47 Å². The first-order chi connectivity index (χ1) is 7.71. The van der Waals surface area contributed by atoms with Crippen LogP contribution in [0.3, 0.4) is 0 Å². The van der Waals surface area contributed by atoms with Crippen LogP contribution in [0.15, 0.2) is 22.7 Å². The van der Waals surface area contributed by atoms with E-state index in [-0.39, 0.29) is 12.0 Å². The van der Waals surface area contributed by atoms with Crippen LogP contribution in [-0.4, -0.2) is 25.7 Å². The molecule has 0 radical (unpaired) electrons. The summed E-state index contributed by atoms with van der Waals surface area (Å²) in [5.74, 6) is -1.03. The summed E-state index contributed by atoms with van der Waals surface area (Å²) in [4.78, 5) is 11.6. The number of halogens is 2. The lowest BCUT2D eigenvalue weighted by atomic mass is 10.1. The van der Waals surface area contributed by atoms with Gasteiger partial charge in [-0.25, -0.2) is 12.8 Å². The molecule has 0 saturated heterocycles. The maximum absolute atomic E-state index is 13.4. The molecule has 0 aliphatic rings. The van der Waals surface area contributed by atoms with Crippen LogP contribution in [-0.2, 0) is 21.1 Å². The third-order valence-corrected chi connectivity index (χ3v) is 4.52. The number of benzene rings is 1. The number of carbonyl (C=O) groups excluding carboxylic acids is 1. The maximum atomic E-state index is 13.4. The second-order valence-electron chi connectivity index (χ2n) is 3.85. The van der Waals surface area contributed by atoms with Gasteiger partial charge in [0.05, 0.1) is 0 Å². The van der Waals surface area contributed by atoms with Crippen LogP contribution in [0.5, 0.6) is 0 Å². The van der Waals surface area contributed by atoms with Crippen molar-refractivity contribution in [3.05, 3.63) is 34.1 Å². The summed E-state index contributed by atoms with van der Waals surface area (Å²) in [6.45, 7) is 1.31. The topological polar surface area (TPSA) is 51.2 Å². The van der Waals surface area contributed by atoms with Gasteiger partial charge >= 0.3 is 0 Å². The molecule has 94 valence electrons. The molecule has 6 heteroatoms. The smallest absolute Gasteiger partial charge is 0.157 e. The fourth-order valence-corrected chi connectivity index (χ4v) is 2.13. The van der Waals surface area contributed by atoms with Gasteiger partial charge in [0.25, 0.3) is 0 Å². The second kappa shape index (κ2) is 5.27.